The predicted octanol–water partition coefficient (Wildman–Crippen LogP) is 4.94. The highest BCUT2D eigenvalue weighted by Crippen LogP contribution is 2.17. The molecule has 3 rings (SSSR count). The first-order chi connectivity index (χ1) is 14.7. The Morgan fingerprint density at radius 2 is 1.27 bits per heavy atom. The summed E-state index contributed by atoms with van der Waals surface area (Å²) in [5.41, 5.74) is 3.48. The normalized spacial score (nSPS) is 11.8. The van der Waals surface area contributed by atoms with Crippen molar-refractivity contribution in [2.45, 2.75) is 25.6 Å². The van der Waals surface area contributed by atoms with Crippen LogP contribution in [0, 0.1) is 0 Å². The molecule has 0 fully saturated rings. The molecule has 0 unspecified atom stereocenters. The second-order valence-corrected chi connectivity index (χ2v) is 7.59. The molecular weight excluding hydrogens is 368 g/mol. The maximum Gasteiger partial charge on any atom is 0.240 e. The average Bonchev–Trinajstić information content (AvgIpc) is 2.79. The summed E-state index contributed by atoms with van der Waals surface area (Å²) in [5, 5.41) is 0. The van der Waals surface area contributed by atoms with Gasteiger partial charge < -0.3 is 4.90 Å². The van der Waals surface area contributed by atoms with Gasteiger partial charge in [0.05, 0.1) is 6.04 Å². The Labute approximate surface area is 180 Å². The number of hydrogen-bond acceptors (Lipinski definition) is 2. The fourth-order valence-electron chi connectivity index (χ4n) is 3.69. The highest BCUT2D eigenvalue weighted by atomic mass is 16.2. The Morgan fingerprint density at radius 1 is 0.800 bits per heavy atom. The van der Waals surface area contributed by atoms with Crippen LogP contribution in [0.15, 0.2) is 104 Å². The fourth-order valence-corrected chi connectivity index (χ4v) is 3.69. The van der Waals surface area contributed by atoms with Crippen LogP contribution >= 0.6 is 0 Å². The van der Waals surface area contributed by atoms with E-state index in [2.05, 4.69) is 47.9 Å². The van der Waals surface area contributed by atoms with Crippen molar-refractivity contribution in [2.75, 3.05) is 13.6 Å². The number of rotatable bonds is 10. The van der Waals surface area contributed by atoms with E-state index < -0.39 is 0 Å². The van der Waals surface area contributed by atoms with Gasteiger partial charge in [-0.05, 0) is 23.1 Å². The van der Waals surface area contributed by atoms with Crippen molar-refractivity contribution in [2.24, 2.45) is 0 Å². The van der Waals surface area contributed by atoms with Crippen LogP contribution < -0.4 is 0 Å². The number of carbonyl (C=O) groups excluding carboxylic acids is 1. The van der Waals surface area contributed by atoms with E-state index in [1.54, 1.807) is 0 Å². The molecule has 3 heteroatoms. The zero-order valence-electron chi connectivity index (χ0n) is 17.7. The molecule has 0 saturated carbocycles. The lowest BCUT2D eigenvalue weighted by Gasteiger charge is -2.33. The molecule has 0 radical (unpaired) electrons. The summed E-state index contributed by atoms with van der Waals surface area (Å²) in [7, 11) is 1.89. The van der Waals surface area contributed by atoms with Crippen molar-refractivity contribution in [3.63, 3.8) is 0 Å². The number of benzene rings is 3. The molecule has 0 aliphatic rings. The quantitative estimate of drug-likeness (QED) is 0.452. The number of amides is 1. The summed E-state index contributed by atoms with van der Waals surface area (Å²) in [4.78, 5) is 17.7. The molecule has 0 aliphatic carbocycles. The van der Waals surface area contributed by atoms with Gasteiger partial charge in [0.15, 0.2) is 0 Å². The number of nitrogens with zero attached hydrogens (tertiary/aromatic N) is 2. The zero-order valence-corrected chi connectivity index (χ0v) is 17.7. The molecule has 1 atom stereocenters. The minimum absolute atomic E-state index is 0.125. The molecule has 0 aliphatic heterocycles. The summed E-state index contributed by atoms with van der Waals surface area (Å²) in [5.74, 6) is 0.125. The Morgan fingerprint density at radius 3 is 1.77 bits per heavy atom. The Kier molecular flexibility index (Phi) is 7.99. The third kappa shape index (κ3) is 6.16. The largest absolute Gasteiger partial charge is 0.340 e. The molecular formula is C27H30N2O. The van der Waals surface area contributed by atoms with Crippen molar-refractivity contribution in [3.05, 3.63) is 120 Å². The molecule has 0 saturated heterocycles. The zero-order chi connectivity index (χ0) is 21.2. The van der Waals surface area contributed by atoms with E-state index in [1.807, 2.05) is 72.6 Å². The van der Waals surface area contributed by atoms with Crippen molar-refractivity contribution < 1.29 is 4.79 Å². The van der Waals surface area contributed by atoms with E-state index in [0.717, 1.165) is 11.1 Å². The second kappa shape index (κ2) is 11.1. The van der Waals surface area contributed by atoms with E-state index >= 15 is 0 Å². The predicted molar refractivity (Wildman–Crippen MR) is 124 cm³/mol. The fraction of sp³-hybridized carbons (Fsp3) is 0.222. The lowest BCUT2D eigenvalue weighted by Crippen LogP contribution is -2.48. The molecule has 0 aromatic heterocycles. The van der Waals surface area contributed by atoms with Crippen molar-refractivity contribution in [1.82, 2.24) is 9.80 Å². The van der Waals surface area contributed by atoms with Crippen LogP contribution in [0.4, 0.5) is 0 Å². The first-order valence-corrected chi connectivity index (χ1v) is 10.4. The molecule has 0 spiro atoms. The molecule has 30 heavy (non-hydrogen) atoms. The highest BCUT2D eigenvalue weighted by molar-refractivity contribution is 5.82. The van der Waals surface area contributed by atoms with Gasteiger partial charge in [0, 0.05) is 26.7 Å². The SMILES string of the molecule is C=CCN(Cc1ccccc1)[C@@H](Cc1ccccc1)C(=O)N(C)Cc1ccccc1. The van der Waals surface area contributed by atoms with E-state index in [-0.39, 0.29) is 11.9 Å². The summed E-state index contributed by atoms with van der Waals surface area (Å²) >= 11 is 0. The van der Waals surface area contributed by atoms with Gasteiger partial charge in [-0.2, -0.15) is 0 Å². The number of carbonyl (C=O) groups is 1. The first kappa shape index (κ1) is 21.5. The van der Waals surface area contributed by atoms with Gasteiger partial charge in [0.2, 0.25) is 5.91 Å². The maximum absolute atomic E-state index is 13.6. The van der Waals surface area contributed by atoms with Crippen LogP contribution in [-0.4, -0.2) is 35.3 Å². The van der Waals surface area contributed by atoms with Crippen LogP contribution in [0.5, 0.6) is 0 Å². The van der Waals surface area contributed by atoms with Gasteiger partial charge in [-0.15, -0.1) is 6.58 Å². The standard InChI is InChI=1S/C27H30N2O/c1-3-19-29(22-25-17-11-6-12-18-25)26(20-23-13-7-4-8-14-23)27(30)28(2)21-24-15-9-5-10-16-24/h3-18,26H,1,19-22H2,2H3/t26-/m0/s1. The van der Waals surface area contributed by atoms with Crippen molar-refractivity contribution in [3.8, 4) is 0 Å². The lowest BCUT2D eigenvalue weighted by molar-refractivity contribution is -0.136. The van der Waals surface area contributed by atoms with Gasteiger partial charge in [0.1, 0.15) is 0 Å². The van der Waals surface area contributed by atoms with E-state index in [0.29, 0.717) is 26.1 Å². The van der Waals surface area contributed by atoms with Crippen molar-refractivity contribution in [1.29, 1.82) is 0 Å². The van der Waals surface area contributed by atoms with Crippen LogP contribution in [0.2, 0.25) is 0 Å². The maximum atomic E-state index is 13.6. The van der Waals surface area contributed by atoms with Gasteiger partial charge in [-0.25, -0.2) is 0 Å². The third-order valence-electron chi connectivity index (χ3n) is 5.23. The van der Waals surface area contributed by atoms with Gasteiger partial charge in [0.25, 0.3) is 0 Å². The summed E-state index contributed by atoms with van der Waals surface area (Å²) < 4.78 is 0. The minimum atomic E-state index is -0.265. The molecule has 1 amide bonds. The molecule has 0 bridgehead atoms. The molecule has 0 heterocycles. The highest BCUT2D eigenvalue weighted by Gasteiger charge is 2.28. The van der Waals surface area contributed by atoms with Crippen LogP contribution in [0.25, 0.3) is 0 Å². The molecule has 3 aromatic carbocycles. The van der Waals surface area contributed by atoms with Gasteiger partial charge >= 0.3 is 0 Å². The second-order valence-electron chi connectivity index (χ2n) is 7.59. The minimum Gasteiger partial charge on any atom is -0.340 e. The van der Waals surface area contributed by atoms with Crippen LogP contribution in [0.1, 0.15) is 16.7 Å². The monoisotopic (exact) mass is 398 g/mol. The van der Waals surface area contributed by atoms with E-state index in [9.17, 15) is 4.79 Å². The first-order valence-electron chi connectivity index (χ1n) is 10.4. The van der Waals surface area contributed by atoms with E-state index in [1.165, 1.54) is 5.56 Å². The lowest BCUT2D eigenvalue weighted by atomic mass is 10.0. The average molecular weight is 399 g/mol. The molecule has 3 aromatic rings. The van der Waals surface area contributed by atoms with Crippen molar-refractivity contribution >= 4 is 5.91 Å². The summed E-state index contributed by atoms with van der Waals surface area (Å²) in [6.07, 6.45) is 2.55. The topological polar surface area (TPSA) is 23.6 Å². The van der Waals surface area contributed by atoms with E-state index in [4.69, 9.17) is 0 Å². The summed E-state index contributed by atoms with van der Waals surface area (Å²) in [6.45, 7) is 5.89. The molecule has 154 valence electrons. The summed E-state index contributed by atoms with van der Waals surface area (Å²) in [6, 6.07) is 30.4. The smallest absolute Gasteiger partial charge is 0.240 e. The number of likely N-dealkylation sites (N-methyl/N-ethyl adjacent to an activating group) is 1. The molecule has 0 N–H and O–H groups in total. The van der Waals surface area contributed by atoms with Gasteiger partial charge in [-0.1, -0.05) is 97.1 Å². The third-order valence-corrected chi connectivity index (χ3v) is 5.23. The Bertz CT molecular complexity index is 909. The molecule has 3 nitrogen and oxygen atoms in total. The van der Waals surface area contributed by atoms with Gasteiger partial charge in [-0.3, -0.25) is 9.69 Å². The van der Waals surface area contributed by atoms with Crippen LogP contribution in [0.3, 0.4) is 0 Å². The Hall–Kier alpha value is -3.17. The number of hydrogen-bond donors (Lipinski definition) is 0. The van der Waals surface area contributed by atoms with Crippen LogP contribution in [-0.2, 0) is 24.3 Å². The Balaban J connectivity index is 1.85.